The van der Waals surface area contributed by atoms with Crippen molar-refractivity contribution in [1.82, 2.24) is 4.90 Å². The first-order chi connectivity index (χ1) is 9.08. The van der Waals surface area contributed by atoms with Crippen molar-refractivity contribution in [3.63, 3.8) is 0 Å². The quantitative estimate of drug-likeness (QED) is 0.783. The van der Waals surface area contributed by atoms with Gasteiger partial charge in [0.2, 0.25) is 0 Å². The molecule has 0 bridgehead atoms. The van der Waals surface area contributed by atoms with Crippen LogP contribution >= 0.6 is 0 Å². The molecule has 0 aromatic heterocycles. The van der Waals surface area contributed by atoms with Crippen LogP contribution in [0.15, 0.2) is 24.3 Å². The van der Waals surface area contributed by atoms with Crippen LogP contribution in [0.5, 0.6) is 0 Å². The lowest BCUT2D eigenvalue weighted by atomic mass is 10.1. The van der Waals surface area contributed by atoms with Crippen molar-refractivity contribution in [2.75, 3.05) is 20.2 Å². The molecule has 0 N–H and O–H groups in total. The Bertz CT molecular complexity index is 420. The Kier molecular flexibility index (Phi) is 4.56. The van der Waals surface area contributed by atoms with Crippen molar-refractivity contribution in [3.05, 3.63) is 35.4 Å². The van der Waals surface area contributed by atoms with E-state index in [1.165, 1.54) is 12.7 Å². The Morgan fingerprint density at radius 1 is 1.26 bits per heavy atom. The van der Waals surface area contributed by atoms with E-state index in [0.29, 0.717) is 5.56 Å². The van der Waals surface area contributed by atoms with E-state index in [2.05, 4.69) is 23.5 Å². The lowest BCUT2D eigenvalue weighted by molar-refractivity contribution is -0.0704. The molecule has 2 atom stereocenters. The molecule has 0 radical (unpaired) electrons. The van der Waals surface area contributed by atoms with Gasteiger partial charge in [-0.2, -0.15) is 0 Å². The minimum atomic E-state index is -0.292. The Labute approximate surface area is 114 Å². The van der Waals surface area contributed by atoms with Crippen LogP contribution < -0.4 is 0 Å². The molecule has 4 heteroatoms. The normalized spacial score (nSPS) is 24.2. The second-order valence-corrected chi connectivity index (χ2v) is 5.14. The van der Waals surface area contributed by atoms with Gasteiger partial charge in [0, 0.05) is 19.6 Å². The van der Waals surface area contributed by atoms with Gasteiger partial charge < -0.3 is 9.47 Å². The van der Waals surface area contributed by atoms with Crippen molar-refractivity contribution >= 4 is 5.97 Å². The highest BCUT2D eigenvalue weighted by atomic mass is 16.5. The van der Waals surface area contributed by atoms with Crippen molar-refractivity contribution in [2.45, 2.75) is 32.6 Å². The van der Waals surface area contributed by atoms with Crippen LogP contribution in [-0.2, 0) is 16.0 Å². The van der Waals surface area contributed by atoms with Crippen LogP contribution in [0.2, 0.25) is 0 Å². The summed E-state index contributed by atoms with van der Waals surface area (Å²) in [5, 5.41) is 0. The third-order valence-corrected chi connectivity index (χ3v) is 3.28. The highest BCUT2D eigenvalue weighted by molar-refractivity contribution is 5.89. The van der Waals surface area contributed by atoms with Crippen molar-refractivity contribution in [1.29, 1.82) is 0 Å². The van der Waals surface area contributed by atoms with E-state index in [1.54, 1.807) is 0 Å². The van der Waals surface area contributed by atoms with E-state index in [4.69, 9.17) is 4.74 Å². The second-order valence-electron chi connectivity index (χ2n) is 5.14. The monoisotopic (exact) mass is 263 g/mol. The molecule has 2 unspecified atom stereocenters. The number of carbonyl (C=O) groups is 1. The molecular formula is C15H21NO3. The van der Waals surface area contributed by atoms with E-state index in [1.807, 2.05) is 24.3 Å². The van der Waals surface area contributed by atoms with Gasteiger partial charge >= 0.3 is 5.97 Å². The molecule has 19 heavy (non-hydrogen) atoms. The first-order valence-electron chi connectivity index (χ1n) is 6.63. The number of rotatable bonds is 3. The molecule has 0 amide bonds. The number of carbonyl (C=O) groups excluding carboxylic acids is 1. The summed E-state index contributed by atoms with van der Waals surface area (Å²) >= 11 is 0. The Balaban J connectivity index is 1.97. The maximum Gasteiger partial charge on any atom is 0.337 e. The molecular weight excluding hydrogens is 242 g/mol. The Morgan fingerprint density at radius 3 is 2.37 bits per heavy atom. The number of morpholine rings is 1. The SMILES string of the molecule is COC(=O)c1ccc(CN2CC(C)OC(C)C2)cc1. The minimum absolute atomic E-state index is 0.276. The minimum Gasteiger partial charge on any atom is -0.465 e. The van der Waals surface area contributed by atoms with Crippen LogP contribution in [0.4, 0.5) is 0 Å². The molecule has 1 aliphatic heterocycles. The summed E-state index contributed by atoms with van der Waals surface area (Å²) in [5.41, 5.74) is 1.80. The summed E-state index contributed by atoms with van der Waals surface area (Å²) in [6.07, 6.45) is 0.552. The zero-order valence-electron chi connectivity index (χ0n) is 11.8. The first kappa shape index (κ1) is 14.0. The van der Waals surface area contributed by atoms with Gasteiger partial charge in [0.15, 0.2) is 0 Å². The average molecular weight is 263 g/mol. The van der Waals surface area contributed by atoms with Gasteiger partial charge in [-0.3, -0.25) is 4.90 Å². The highest BCUT2D eigenvalue weighted by Gasteiger charge is 2.21. The maximum atomic E-state index is 11.4. The molecule has 1 heterocycles. The first-order valence-corrected chi connectivity index (χ1v) is 6.63. The van der Waals surface area contributed by atoms with Gasteiger partial charge in [0.1, 0.15) is 0 Å². The number of ether oxygens (including phenoxy) is 2. The van der Waals surface area contributed by atoms with Crippen molar-refractivity contribution in [2.24, 2.45) is 0 Å². The predicted molar refractivity (Wildman–Crippen MR) is 73.1 cm³/mol. The lowest BCUT2D eigenvalue weighted by Gasteiger charge is -2.35. The molecule has 1 fully saturated rings. The van der Waals surface area contributed by atoms with Crippen molar-refractivity contribution in [3.8, 4) is 0 Å². The standard InChI is InChI=1S/C15H21NO3/c1-11-8-16(9-12(2)19-11)10-13-4-6-14(7-5-13)15(17)18-3/h4-7,11-12H,8-10H2,1-3H3. The smallest absolute Gasteiger partial charge is 0.337 e. The number of hydrogen-bond donors (Lipinski definition) is 0. The van der Waals surface area contributed by atoms with Crippen LogP contribution in [0.25, 0.3) is 0 Å². The number of nitrogens with zero attached hydrogens (tertiary/aromatic N) is 1. The molecule has 0 spiro atoms. The van der Waals surface area contributed by atoms with Gasteiger partial charge in [0.05, 0.1) is 24.9 Å². The molecule has 1 aliphatic rings. The fourth-order valence-electron chi connectivity index (χ4n) is 2.54. The zero-order chi connectivity index (χ0) is 13.8. The molecule has 0 aliphatic carbocycles. The molecule has 1 aromatic carbocycles. The fourth-order valence-corrected chi connectivity index (χ4v) is 2.54. The summed E-state index contributed by atoms with van der Waals surface area (Å²) in [6.45, 7) is 6.98. The number of hydrogen-bond acceptors (Lipinski definition) is 4. The summed E-state index contributed by atoms with van der Waals surface area (Å²) < 4.78 is 10.4. The largest absolute Gasteiger partial charge is 0.465 e. The predicted octanol–water partition coefficient (Wildman–Crippen LogP) is 2.08. The van der Waals surface area contributed by atoms with Crippen LogP contribution in [-0.4, -0.2) is 43.3 Å². The highest BCUT2D eigenvalue weighted by Crippen LogP contribution is 2.15. The molecule has 0 saturated carbocycles. The number of benzene rings is 1. The topological polar surface area (TPSA) is 38.8 Å². The van der Waals surface area contributed by atoms with Gasteiger partial charge in [-0.25, -0.2) is 4.79 Å². The Morgan fingerprint density at radius 2 is 1.84 bits per heavy atom. The van der Waals surface area contributed by atoms with E-state index in [0.717, 1.165) is 19.6 Å². The van der Waals surface area contributed by atoms with E-state index in [-0.39, 0.29) is 18.2 Å². The summed E-state index contributed by atoms with van der Waals surface area (Å²) in [5.74, 6) is -0.292. The molecule has 4 nitrogen and oxygen atoms in total. The van der Waals surface area contributed by atoms with Gasteiger partial charge in [0.25, 0.3) is 0 Å². The molecule has 2 rings (SSSR count). The fraction of sp³-hybridized carbons (Fsp3) is 0.533. The van der Waals surface area contributed by atoms with E-state index >= 15 is 0 Å². The summed E-state index contributed by atoms with van der Waals surface area (Å²) in [4.78, 5) is 13.7. The molecule has 1 aromatic rings. The van der Waals surface area contributed by atoms with Crippen LogP contribution in [0, 0.1) is 0 Å². The summed E-state index contributed by atoms with van der Waals surface area (Å²) in [7, 11) is 1.40. The van der Waals surface area contributed by atoms with Crippen LogP contribution in [0.1, 0.15) is 29.8 Å². The number of esters is 1. The van der Waals surface area contributed by atoms with Gasteiger partial charge in [-0.1, -0.05) is 12.1 Å². The summed E-state index contributed by atoms with van der Waals surface area (Å²) in [6, 6.07) is 7.59. The molecule has 1 saturated heterocycles. The zero-order valence-corrected chi connectivity index (χ0v) is 11.8. The van der Waals surface area contributed by atoms with Gasteiger partial charge in [-0.05, 0) is 31.5 Å². The third kappa shape index (κ3) is 3.78. The second kappa shape index (κ2) is 6.17. The van der Waals surface area contributed by atoms with Crippen LogP contribution in [0.3, 0.4) is 0 Å². The van der Waals surface area contributed by atoms with Gasteiger partial charge in [-0.15, -0.1) is 0 Å². The third-order valence-electron chi connectivity index (χ3n) is 3.28. The van der Waals surface area contributed by atoms with E-state index < -0.39 is 0 Å². The molecule has 104 valence electrons. The average Bonchev–Trinajstić information content (AvgIpc) is 2.37. The van der Waals surface area contributed by atoms with E-state index in [9.17, 15) is 4.79 Å². The lowest BCUT2D eigenvalue weighted by Crippen LogP contribution is -2.44. The van der Waals surface area contributed by atoms with Crippen molar-refractivity contribution < 1.29 is 14.3 Å². The Hall–Kier alpha value is -1.39. The maximum absolute atomic E-state index is 11.4. The number of methoxy groups -OCH3 is 1.